The first-order chi connectivity index (χ1) is 3.06. The van der Waals surface area contributed by atoms with Crippen molar-refractivity contribution in [2.45, 2.75) is 13.3 Å². The largest absolute Gasteiger partial charge is 1.00 e. The maximum Gasteiger partial charge on any atom is 0.0777 e. The topological polar surface area (TPSA) is 0 Å². The standard InChI is InChI=1S/C6H16N.2ClH/c1-5-6-7(2,3)4;;/h5-6H2,1-4H3;2*1H/q+1;;/p-1. The van der Waals surface area contributed by atoms with Gasteiger partial charge in [-0.25, -0.2) is 0 Å². The monoisotopic (exact) mass is 173 g/mol. The Morgan fingerprint density at radius 3 is 1.44 bits per heavy atom. The summed E-state index contributed by atoms with van der Waals surface area (Å²) in [4.78, 5) is 0. The molecule has 60 valence electrons. The lowest BCUT2D eigenvalue weighted by atomic mass is 10.4. The van der Waals surface area contributed by atoms with Crippen LogP contribution < -0.4 is 12.4 Å². The van der Waals surface area contributed by atoms with Crippen molar-refractivity contribution in [3.63, 3.8) is 0 Å². The summed E-state index contributed by atoms with van der Waals surface area (Å²) in [5, 5.41) is 0. The van der Waals surface area contributed by atoms with E-state index >= 15 is 0 Å². The van der Waals surface area contributed by atoms with E-state index in [9.17, 15) is 0 Å². The minimum absolute atomic E-state index is 0. The van der Waals surface area contributed by atoms with E-state index in [4.69, 9.17) is 0 Å². The van der Waals surface area contributed by atoms with Crippen LogP contribution in [0.5, 0.6) is 0 Å². The van der Waals surface area contributed by atoms with E-state index in [1.54, 1.807) is 0 Å². The zero-order valence-electron chi connectivity index (χ0n) is 6.65. The normalized spacial score (nSPS) is 9.33. The van der Waals surface area contributed by atoms with Gasteiger partial charge in [0.25, 0.3) is 0 Å². The van der Waals surface area contributed by atoms with Crippen molar-refractivity contribution < 1.29 is 16.9 Å². The molecule has 9 heavy (non-hydrogen) atoms. The molecular formula is C6H17Cl2N. The SMILES string of the molecule is CCC[N+](C)(C)C.Cl.[Cl-]. The molecule has 0 fully saturated rings. The third-order valence-electron chi connectivity index (χ3n) is 0.894. The van der Waals surface area contributed by atoms with Gasteiger partial charge in [0.15, 0.2) is 0 Å². The van der Waals surface area contributed by atoms with E-state index in [0.29, 0.717) is 0 Å². The second-order valence-electron chi connectivity index (χ2n) is 3.01. The molecule has 0 heterocycles. The highest BCUT2D eigenvalue weighted by atomic mass is 35.5. The summed E-state index contributed by atoms with van der Waals surface area (Å²) in [6.45, 7) is 3.49. The van der Waals surface area contributed by atoms with Gasteiger partial charge in [-0.05, 0) is 6.42 Å². The molecule has 0 bridgehead atoms. The molecule has 0 amide bonds. The van der Waals surface area contributed by atoms with Gasteiger partial charge in [-0.1, -0.05) is 6.92 Å². The van der Waals surface area contributed by atoms with Crippen LogP contribution in [-0.2, 0) is 0 Å². The molecule has 0 atom stereocenters. The fourth-order valence-electron chi connectivity index (χ4n) is 0.671. The lowest BCUT2D eigenvalue weighted by molar-refractivity contribution is -0.870. The lowest BCUT2D eigenvalue weighted by Gasteiger charge is -2.22. The van der Waals surface area contributed by atoms with Crippen molar-refractivity contribution >= 4 is 12.4 Å². The molecule has 0 saturated carbocycles. The van der Waals surface area contributed by atoms with Gasteiger partial charge in [-0.3, -0.25) is 0 Å². The lowest BCUT2D eigenvalue weighted by Crippen LogP contribution is -3.00. The Bertz CT molecular complexity index is 49.5. The fraction of sp³-hybridized carbons (Fsp3) is 1.00. The minimum Gasteiger partial charge on any atom is -1.00 e. The molecule has 0 unspecified atom stereocenters. The smallest absolute Gasteiger partial charge is 0.0777 e. The molecule has 1 nitrogen and oxygen atoms in total. The van der Waals surface area contributed by atoms with Crippen molar-refractivity contribution in [1.29, 1.82) is 0 Å². The van der Waals surface area contributed by atoms with Gasteiger partial charge in [-0.2, -0.15) is 0 Å². The highest BCUT2D eigenvalue weighted by Crippen LogP contribution is 1.90. The number of nitrogens with zero attached hydrogens (tertiary/aromatic N) is 1. The van der Waals surface area contributed by atoms with Crippen molar-refractivity contribution in [3.8, 4) is 0 Å². The first kappa shape index (κ1) is 16.3. The number of rotatable bonds is 2. The first-order valence-electron chi connectivity index (χ1n) is 2.86. The second kappa shape index (κ2) is 6.66. The predicted octanol–water partition coefficient (Wildman–Crippen LogP) is -1.47. The molecule has 0 saturated heterocycles. The average molecular weight is 174 g/mol. The Morgan fingerprint density at radius 1 is 1.11 bits per heavy atom. The highest BCUT2D eigenvalue weighted by Gasteiger charge is 2.01. The van der Waals surface area contributed by atoms with Crippen LogP contribution >= 0.6 is 12.4 Å². The van der Waals surface area contributed by atoms with Crippen LogP contribution in [0.4, 0.5) is 0 Å². The predicted molar refractivity (Wildman–Crippen MR) is 40.4 cm³/mol. The van der Waals surface area contributed by atoms with Crippen molar-refractivity contribution in [3.05, 3.63) is 0 Å². The van der Waals surface area contributed by atoms with Gasteiger partial charge in [0, 0.05) is 0 Å². The van der Waals surface area contributed by atoms with E-state index in [0.717, 1.165) is 4.48 Å². The van der Waals surface area contributed by atoms with E-state index in [1.807, 2.05) is 0 Å². The summed E-state index contributed by atoms with van der Waals surface area (Å²) < 4.78 is 1.09. The third-order valence-corrected chi connectivity index (χ3v) is 0.894. The van der Waals surface area contributed by atoms with E-state index in [1.165, 1.54) is 13.0 Å². The summed E-state index contributed by atoms with van der Waals surface area (Å²) >= 11 is 0. The maximum atomic E-state index is 2.21. The van der Waals surface area contributed by atoms with Crippen molar-refractivity contribution in [2.75, 3.05) is 27.7 Å². The van der Waals surface area contributed by atoms with E-state index in [2.05, 4.69) is 28.1 Å². The third kappa shape index (κ3) is 17.7. The molecule has 0 spiro atoms. The molecule has 0 aromatic rings. The van der Waals surface area contributed by atoms with Gasteiger partial charge in [0.05, 0.1) is 27.7 Å². The Morgan fingerprint density at radius 2 is 1.44 bits per heavy atom. The summed E-state index contributed by atoms with van der Waals surface area (Å²) in [6.07, 6.45) is 1.28. The van der Waals surface area contributed by atoms with Crippen LogP contribution in [0.2, 0.25) is 0 Å². The minimum atomic E-state index is 0. The van der Waals surface area contributed by atoms with Crippen LogP contribution in [0.25, 0.3) is 0 Å². The zero-order chi connectivity index (χ0) is 5.91. The van der Waals surface area contributed by atoms with Crippen LogP contribution in [0.15, 0.2) is 0 Å². The van der Waals surface area contributed by atoms with Crippen molar-refractivity contribution in [1.82, 2.24) is 0 Å². The van der Waals surface area contributed by atoms with E-state index in [-0.39, 0.29) is 24.8 Å². The molecule has 0 aliphatic heterocycles. The van der Waals surface area contributed by atoms with Gasteiger partial charge in [0.2, 0.25) is 0 Å². The highest BCUT2D eigenvalue weighted by molar-refractivity contribution is 5.85. The van der Waals surface area contributed by atoms with Gasteiger partial charge in [0.1, 0.15) is 0 Å². The fourth-order valence-corrected chi connectivity index (χ4v) is 0.671. The van der Waals surface area contributed by atoms with Crippen molar-refractivity contribution in [2.24, 2.45) is 0 Å². The number of hydrogen-bond acceptors (Lipinski definition) is 0. The summed E-state index contributed by atoms with van der Waals surface area (Å²) in [6, 6.07) is 0. The van der Waals surface area contributed by atoms with Crippen LogP contribution in [0.1, 0.15) is 13.3 Å². The second-order valence-corrected chi connectivity index (χ2v) is 3.01. The Labute approximate surface area is 70.8 Å². The molecule has 0 rings (SSSR count). The average Bonchev–Trinajstić information content (AvgIpc) is 1.30. The molecular weight excluding hydrogens is 157 g/mol. The first-order valence-corrected chi connectivity index (χ1v) is 2.86. The van der Waals surface area contributed by atoms with Gasteiger partial charge in [-0.15, -0.1) is 12.4 Å². The summed E-state index contributed by atoms with van der Waals surface area (Å²) in [5.41, 5.74) is 0. The zero-order valence-corrected chi connectivity index (χ0v) is 8.22. The molecule has 0 N–H and O–H groups in total. The number of hydrogen-bond donors (Lipinski definition) is 0. The van der Waals surface area contributed by atoms with Crippen LogP contribution in [-0.4, -0.2) is 32.2 Å². The van der Waals surface area contributed by atoms with Crippen LogP contribution in [0, 0.1) is 0 Å². The Balaban J connectivity index is -0.000000180. The maximum absolute atomic E-state index is 2.21. The molecule has 0 aliphatic rings. The molecule has 0 aromatic heterocycles. The summed E-state index contributed by atoms with van der Waals surface area (Å²) in [5.74, 6) is 0. The quantitative estimate of drug-likeness (QED) is 0.448. The molecule has 0 aromatic carbocycles. The Hall–Kier alpha value is 0.540. The van der Waals surface area contributed by atoms with Gasteiger partial charge < -0.3 is 16.9 Å². The molecule has 3 heteroatoms. The number of halogens is 2. The van der Waals surface area contributed by atoms with Crippen LogP contribution in [0.3, 0.4) is 0 Å². The number of quaternary nitrogens is 1. The molecule has 0 radical (unpaired) electrons. The summed E-state index contributed by atoms with van der Waals surface area (Å²) in [7, 11) is 6.64. The van der Waals surface area contributed by atoms with E-state index < -0.39 is 0 Å². The Kier molecular flexibility index (Phi) is 12.0. The van der Waals surface area contributed by atoms with Gasteiger partial charge >= 0.3 is 0 Å². The molecule has 0 aliphatic carbocycles.